The van der Waals surface area contributed by atoms with Gasteiger partial charge in [0.1, 0.15) is 11.3 Å². The summed E-state index contributed by atoms with van der Waals surface area (Å²) >= 11 is 0. The second-order valence-electron chi connectivity index (χ2n) is 5.21. The monoisotopic (exact) mass is 208 g/mol. The van der Waals surface area contributed by atoms with Gasteiger partial charge in [0.15, 0.2) is 0 Å². The highest BCUT2D eigenvalue weighted by molar-refractivity contribution is 5.43. The van der Waals surface area contributed by atoms with E-state index in [4.69, 9.17) is 16.2 Å². The van der Waals surface area contributed by atoms with Crippen LogP contribution < -0.4 is 16.8 Å². The van der Waals surface area contributed by atoms with Crippen LogP contribution in [0.25, 0.3) is 0 Å². The minimum atomic E-state index is -0.221. The van der Waals surface area contributed by atoms with Crippen LogP contribution in [0.1, 0.15) is 12.8 Å². The topological polar surface area (TPSA) is 76.5 Å². The summed E-state index contributed by atoms with van der Waals surface area (Å²) in [5, 5.41) is 3.34. The third kappa shape index (κ3) is 0.692. The average molecular weight is 208 g/mol. The van der Waals surface area contributed by atoms with Crippen molar-refractivity contribution in [1.82, 2.24) is 10.2 Å². The number of nitrogens with zero attached hydrogens (tertiary/aromatic N) is 1. The maximum Gasteiger partial charge on any atom is 0.210 e. The number of ether oxygens (including phenoxy) is 1. The van der Waals surface area contributed by atoms with Gasteiger partial charge in [-0.3, -0.25) is 0 Å². The van der Waals surface area contributed by atoms with Crippen molar-refractivity contribution < 1.29 is 4.74 Å². The second kappa shape index (κ2) is 2.10. The molecule has 3 fully saturated rings. The molecular formula is C10H16N4O. The smallest absolute Gasteiger partial charge is 0.210 e. The predicted molar refractivity (Wildman–Crippen MR) is 54.2 cm³/mol. The van der Waals surface area contributed by atoms with Crippen molar-refractivity contribution in [3.8, 4) is 0 Å². The fourth-order valence-electron chi connectivity index (χ4n) is 3.43. The van der Waals surface area contributed by atoms with E-state index in [2.05, 4.69) is 10.2 Å². The average Bonchev–Trinajstić information content (AvgIpc) is 2.20. The lowest BCUT2D eigenvalue weighted by Gasteiger charge is -2.63. The molecule has 5 heteroatoms. The first-order valence-corrected chi connectivity index (χ1v) is 5.64. The lowest BCUT2D eigenvalue weighted by atomic mass is 9.55. The molecule has 4 rings (SSSR count). The third-order valence-electron chi connectivity index (χ3n) is 4.31. The van der Waals surface area contributed by atoms with Crippen LogP contribution in [0.2, 0.25) is 0 Å². The minimum absolute atomic E-state index is 0.180. The lowest BCUT2D eigenvalue weighted by molar-refractivity contribution is -0.161. The number of piperidine rings is 1. The Morgan fingerprint density at radius 1 is 1.53 bits per heavy atom. The summed E-state index contributed by atoms with van der Waals surface area (Å²) in [4.78, 5) is 2.28. The van der Waals surface area contributed by atoms with Crippen molar-refractivity contribution in [2.75, 3.05) is 19.6 Å². The molecule has 5 N–H and O–H groups in total. The van der Waals surface area contributed by atoms with Gasteiger partial charge in [-0.2, -0.15) is 0 Å². The summed E-state index contributed by atoms with van der Waals surface area (Å²) in [6.07, 6.45) is 2.09. The van der Waals surface area contributed by atoms with Crippen molar-refractivity contribution in [1.29, 1.82) is 0 Å². The molecule has 3 atom stereocenters. The number of hydrogen-bond donors (Lipinski definition) is 3. The van der Waals surface area contributed by atoms with Gasteiger partial charge in [0.2, 0.25) is 5.88 Å². The Morgan fingerprint density at radius 3 is 2.80 bits per heavy atom. The molecule has 82 valence electrons. The van der Waals surface area contributed by atoms with Gasteiger partial charge in [-0.25, -0.2) is 0 Å². The van der Waals surface area contributed by atoms with Crippen molar-refractivity contribution in [2.24, 2.45) is 17.4 Å². The molecule has 0 aromatic heterocycles. The first-order valence-electron chi connectivity index (χ1n) is 5.64. The van der Waals surface area contributed by atoms with E-state index < -0.39 is 0 Å². The Kier molecular flexibility index (Phi) is 1.15. The summed E-state index contributed by atoms with van der Waals surface area (Å²) in [6, 6.07) is 0. The van der Waals surface area contributed by atoms with Gasteiger partial charge in [0.05, 0.1) is 11.6 Å². The highest BCUT2D eigenvalue weighted by atomic mass is 16.5. The molecule has 1 aliphatic carbocycles. The molecule has 2 unspecified atom stereocenters. The Morgan fingerprint density at radius 2 is 2.33 bits per heavy atom. The normalized spacial score (nSPS) is 49.7. The van der Waals surface area contributed by atoms with Crippen molar-refractivity contribution in [3.05, 3.63) is 11.6 Å². The van der Waals surface area contributed by atoms with Gasteiger partial charge >= 0.3 is 0 Å². The van der Waals surface area contributed by atoms with E-state index in [1.165, 1.54) is 12.1 Å². The molecule has 15 heavy (non-hydrogen) atoms. The fourth-order valence-corrected chi connectivity index (χ4v) is 3.43. The zero-order valence-corrected chi connectivity index (χ0v) is 8.62. The van der Waals surface area contributed by atoms with Crippen LogP contribution in [0.4, 0.5) is 0 Å². The molecule has 0 bridgehead atoms. The Labute approximate surface area is 88.4 Å². The number of nitrogens with one attached hydrogen (secondary N) is 1. The van der Waals surface area contributed by atoms with Crippen molar-refractivity contribution in [2.45, 2.75) is 24.1 Å². The molecule has 4 aliphatic rings. The second-order valence-corrected chi connectivity index (χ2v) is 5.21. The number of hydrogen-bond acceptors (Lipinski definition) is 5. The highest BCUT2D eigenvalue weighted by Crippen LogP contribution is 2.62. The molecule has 3 aliphatic heterocycles. The minimum Gasteiger partial charge on any atom is -0.469 e. The van der Waals surface area contributed by atoms with Crippen LogP contribution in [0.5, 0.6) is 0 Å². The number of likely N-dealkylation sites (tertiary alicyclic amines) is 1. The molecule has 3 heterocycles. The summed E-state index contributed by atoms with van der Waals surface area (Å²) < 4.78 is 6.06. The van der Waals surface area contributed by atoms with Gasteiger partial charge in [-0.1, -0.05) is 0 Å². The van der Waals surface area contributed by atoms with Crippen LogP contribution >= 0.6 is 0 Å². The zero-order valence-electron chi connectivity index (χ0n) is 8.62. The van der Waals surface area contributed by atoms with Gasteiger partial charge in [0, 0.05) is 26.1 Å². The Bertz CT molecular complexity index is 378. The Balaban J connectivity index is 1.70. The highest BCUT2D eigenvalue weighted by Gasteiger charge is 2.75. The maximum atomic E-state index is 6.16. The van der Waals surface area contributed by atoms with E-state index in [9.17, 15) is 0 Å². The fraction of sp³-hybridized carbons (Fsp3) is 0.800. The molecular weight excluding hydrogens is 192 g/mol. The van der Waals surface area contributed by atoms with E-state index in [1.54, 1.807) is 0 Å². The lowest BCUT2D eigenvalue weighted by Crippen LogP contribution is -2.84. The van der Waals surface area contributed by atoms with Crippen LogP contribution in [0.15, 0.2) is 11.6 Å². The summed E-state index contributed by atoms with van der Waals surface area (Å²) in [6.45, 7) is 2.77. The van der Waals surface area contributed by atoms with Gasteiger partial charge in [0.25, 0.3) is 0 Å². The first kappa shape index (κ1) is 8.24. The maximum absolute atomic E-state index is 6.16. The standard InChI is InChI=1S/C10H16N4O/c11-5-9-4-10(12)7(9)6(13-10)8(15-9)14-2-1-3-14/h7,13H,1-5,11-12H2/t7?,9-,10?/m1/s1. The molecule has 0 spiro atoms. The van der Waals surface area contributed by atoms with E-state index >= 15 is 0 Å². The van der Waals surface area contributed by atoms with E-state index in [0.717, 1.165) is 25.4 Å². The van der Waals surface area contributed by atoms with Crippen LogP contribution in [-0.4, -0.2) is 35.8 Å². The SMILES string of the molecule is NC[C@@]12CC3(N)NC(=C(N4CCC4)O1)C32. The summed E-state index contributed by atoms with van der Waals surface area (Å²) in [5.74, 6) is 1.35. The summed E-state index contributed by atoms with van der Waals surface area (Å²) in [7, 11) is 0. The third-order valence-corrected chi connectivity index (χ3v) is 4.31. The quantitative estimate of drug-likeness (QED) is 0.535. The largest absolute Gasteiger partial charge is 0.469 e. The first-order chi connectivity index (χ1) is 7.19. The molecule has 0 aromatic carbocycles. The molecule has 0 aromatic rings. The van der Waals surface area contributed by atoms with Crippen molar-refractivity contribution in [3.63, 3.8) is 0 Å². The van der Waals surface area contributed by atoms with Gasteiger partial charge < -0.3 is 26.4 Å². The van der Waals surface area contributed by atoms with Crippen LogP contribution in [0, 0.1) is 5.92 Å². The van der Waals surface area contributed by atoms with E-state index in [1.807, 2.05) is 0 Å². The Hall–Kier alpha value is -0.940. The van der Waals surface area contributed by atoms with E-state index in [0.29, 0.717) is 12.5 Å². The number of nitrogens with two attached hydrogens (primary N) is 2. The van der Waals surface area contributed by atoms with Crippen molar-refractivity contribution >= 4 is 0 Å². The van der Waals surface area contributed by atoms with Gasteiger partial charge in [-0.05, 0) is 6.42 Å². The van der Waals surface area contributed by atoms with Gasteiger partial charge in [-0.15, -0.1) is 0 Å². The predicted octanol–water partition coefficient (Wildman–Crippen LogP) is -1.13. The summed E-state index contributed by atoms with van der Waals surface area (Å²) in [5.41, 5.74) is 12.8. The molecule has 5 nitrogen and oxygen atoms in total. The molecule has 1 saturated carbocycles. The van der Waals surface area contributed by atoms with E-state index in [-0.39, 0.29) is 11.3 Å². The molecule has 0 radical (unpaired) electrons. The van der Waals surface area contributed by atoms with Crippen LogP contribution in [0.3, 0.4) is 0 Å². The number of rotatable bonds is 2. The molecule has 2 saturated heterocycles. The molecule has 0 amide bonds. The zero-order chi connectivity index (χ0) is 10.3. The van der Waals surface area contributed by atoms with Crippen LogP contribution in [-0.2, 0) is 4.74 Å².